The molecule has 0 fully saturated rings. The molecular formula is C12H20N4O7. The summed E-state index contributed by atoms with van der Waals surface area (Å²) in [7, 11) is 0. The van der Waals surface area contributed by atoms with Crippen LogP contribution in [0, 0.1) is 5.40 Å². The number of rotatable bonds is 9. The zero-order valence-corrected chi connectivity index (χ0v) is 10.6. The fraction of sp³-hybridized carbons (Fsp3) is 0.583. The van der Waals surface area contributed by atoms with Gasteiger partial charge in [0.15, 0.2) is 13.0 Å². The summed E-state index contributed by atoms with van der Waals surface area (Å²) in [6, 6.07) is -11.4. The summed E-state index contributed by atoms with van der Waals surface area (Å²) in [5.74, 6) is -8.75. The fourth-order valence-electron chi connectivity index (χ4n) is 1.23. The van der Waals surface area contributed by atoms with E-state index in [2.05, 4.69) is 25.8 Å². The first kappa shape index (κ1) is 4.82. The van der Waals surface area contributed by atoms with Crippen molar-refractivity contribution in [2.24, 2.45) is 5.72 Å². The van der Waals surface area contributed by atoms with Crippen molar-refractivity contribution in [1.29, 1.82) is 11.1 Å². The Morgan fingerprint density at radius 3 is 3.39 bits per heavy atom. The summed E-state index contributed by atoms with van der Waals surface area (Å²) < 4.78 is 161. The second-order valence-electron chi connectivity index (χ2n) is 3.46. The Kier molecular flexibility index (Phi) is 1.62. The topological polar surface area (TPSA) is 198 Å². The Labute approximate surface area is 160 Å². The van der Waals surface area contributed by atoms with Gasteiger partial charge in [-0.2, -0.15) is 0 Å². The summed E-state index contributed by atoms with van der Waals surface area (Å²) in [5, 5.41) is 15.2. The predicted molar refractivity (Wildman–Crippen MR) is 76.1 cm³/mol. The molecule has 1 amide bonds. The van der Waals surface area contributed by atoms with Crippen LogP contribution in [-0.2, 0) is 14.3 Å². The first-order valence-electron chi connectivity index (χ1n) is 14.6. The first-order valence-corrected chi connectivity index (χ1v) is 5.22. The molecule has 0 saturated carbocycles. The molecular weight excluding hydrogens is 312 g/mol. The van der Waals surface area contributed by atoms with Gasteiger partial charge >= 0.3 is 5.97 Å². The van der Waals surface area contributed by atoms with Gasteiger partial charge in [-0.3, -0.25) is 10.2 Å². The third kappa shape index (κ3) is 4.81. The number of ether oxygens (including phenoxy) is 1. The molecule has 0 bridgehead atoms. The van der Waals surface area contributed by atoms with Crippen molar-refractivity contribution in [2.45, 2.75) is 37.1 Å². The molecule has 0 spiro atoms. The van der Waals surface area contributed by atoms with Crippen LogP contribution < -0.4 is 16.3 Å². The zero-order valence-electron chi connectivity index (χ0n) is 30.6. The van der Waals surface area contributed by atoms with Gasteiger partial charge in [-0.1, -0.05) is 0 Å². The van der Waals surface area contributed by atoms with E-state index in [-0.39, 0.29) is 0 Å². The molecule has 0 saturated heterocycles. The number of carboxylic acid groups (broad SMARTS) is 1. The van der Waals surface area contributed by atoms with Crippen molar-refractivity contribution in [2.75, 3.05) is 6.56 Å². The van der Waals surface area contributed by atoms with E-state index in [0.717, 1.165) is 0 Å². The summed E-state index contributed by atoms with van der Waals surface area (Å²) in [4.78, 5) is 25.2. The van der Waals surface area contributed by atoms with Crippen molar-refractivity contribution in [1.82, 2.24) is 10.6 Å². The van der Waals surface area contributed by atoms with Gasteiger partial charge in [0.2, 0.25) is 16.0 Å². The lowest BCUT2D eigenvalue weighted by Gasteiger charge is -2.40. The molecule has 130 valence electrons. The molecule has 1 rings (SSSR count). The molecule has 5 atom stereocenters. The molecule has 1 heterocycles. The lowest BCUT2D eigenvalue weighted by molar-refractivity contribution is -0.146. The van der Waals surface area contributed by atoms with Crippen LogP contribution in [0.1, 0.15) is 21.9 Å². The van der Waals surface area contributed by atoms with E-state index in [9.17, 15) is 9.59 Å². The maximum Gasteiger partial charge on any atom is 0.370 e. The van der Waals surface area contributed by atoms with Gasteiger partial charge < -0.3 is 41.5 Å². The van der Waals surface area contributed by atoms with Gasteiger partial charge in [0.1, 0.15) is 18.2 Å². The Bertz CT molecular complexity index is 1160. The van der Waals surface area contributed by atoms with Crippen LogP contribution in [-0.4, -0.2) is 79.4 Å². The molecule has 11 nitrogen and oxygen atoms in total. The third-order valence-electron chi connectivity index (χ3n) is 1.99. The van der Waals surface area contributed by atoms with E-state index in [4.69, 9.17) is 32.6 Å². The smallest absolute Gasteiger partial charge is 0.370 e. The first-order chi connectivity index (χ1) is 19.3. The highest BCUT2D eigenvalue weighted by Crippen LogP contribution is 2.23. The SMILES string of the molecule is [2H]N=C(N([2H])[2H])N([2H])[C@@]1([2H])C([2H])=C(C(=O)O[2H])O[C@@]([2H])([C@]([2H])(O[2H])[C@]([2H])(O[2H])C([2H])([2H])O[2H])[C@]1([2H])N([2H])C(=O)C([2H])([2H])[2H]. The number of carbonyl (C=O) groups is 2. The summed E-state index contributed by atoms with van der Waals surface area (Å²) in [6.45, 7) is -8.31. The van der Waals surface area contributed by atoms with E-state index in [0.29, 0.717) is 0 Å². The maximum atomic E-state index is 12.8. The van der Waals surface area contributed by atoms with Gasteiger partial charge in [0.25, 0.3) is 1.43 Å². The van der Waals surface area contributed by atoms with Crippen molar-refractivity contribution in [3.05, 3.63) is 11.8 Å². The van der Waals surface area contributed by atoms with Crippen LogP contribution in [0.25, 0.3) is 1.43 Å². The lowest BCUT2D eigenvalue weighted by atomic mass is 9.92. The highest BCUT2D eigenvalue weighted by Gasteiger charge is 2.43. The number of carbonyl (C=O) groups excluding carboxylic acids is 1. The molecule has 0 unspecified atom stereocenters. The molecule has 9 N–H and O–H groups in total. The molecule has 0 aromatic carbocycles. The molecule has 0 aromatic heterocycles. The monoisotopic (exact) mass is 352 g/mol. The van der Waals surface area contributed by atoms with E-state index >= 15 is 0 Å². The Balaban J connectivity index is 4.75. The molecule has 11 heteroatoms. The summed E-state index contributed by atoms with van der Waals surface area (Å²) in [6.07, 6.45) is -14.3. The number of aliphatic carboxylic acids is 1. The number of amides is 1. The van der Waals surface area contributed by atoms with E-state index < -0.39 is 89.7 Å². The molecule has 0 aromatic rings. The number of hydrogen-bond acceptors (Lipinski definition) is 8. The van der Waals surface area contributed by atoms with Crippen molar-refractivity contribution >= 4 is 17.8 Å². The van der Waals surface area contributed by atoms with Crippen molar-refractivity contribution < 1.29 is 56.9 Å². The predicted octanol–water partition coefficient (Wildman–Crippen LogP) is -3.58. The number of nitrogens with two attached hydrogens (primary N) is 1. The highest BCUT2D eigenvalue weighted by molar-refractivity contribution is 5.85. The summed E-state index contributed by atoms with van der Waals surface area (Å²) >= 11 is 0. The number of carboxylic acids is 1. The molecule has 23 heavy (non-hydrogen) atoms. The number of nitrogens with one attached hydrogen (secondary N) is 3. The van der Waals surface area contributed by atoms with Crippen LogP contribution in [0.5, 0.6) is 0 Å². The summed E-state index contributed by atoms with van der Waals surface area (Å²) in [5.41, 5.74) is -0.781. The van der Waals surface area contributed by atoms with Gasteiger partial charge in [-0.25, -0.2) is 4.79 Å². The van der Waals surface area contributed by atoms with Gasteiger partial charge in [0.05, 0.1) is 29.6 Å². The van der Waals surface area contributed by atoms with E-state index in [1.54, 1.807) is 0 Å². The van der Waals surface area contributed by atoms with Crippen LogP contribution in [0.3, 0.4) is 0 Å². The normalized spacial score (nSPS) is 53.1. The second kappa shape index (κ2) is 7.76. The molecule has 0 aliphatic carbocycles. The lowest BCUT2D eigenvalue weighted by Crippen LogP contribution is -2.64. The van der Waals surface area contributed by atoms with Gasteiger partial charge in [-0.05, 0) is 6.05 Å². The average molecular weight is 352 g/mol. The Morgan fingerprint density at radius 2 is 2.78 bits per heavy atom. The fourth-order valence-corrected chi connectivity index (χ4v) is 1.23. The number of guanidine groups is 1. The molecule has 1 aliphatic heterocycles. The highest BCUT2D eigenvalue weighted by atomic mass is 16.5. The number of hydrogen-bond donors (Lipinski definition) is 8. The zero-order chi connectivity index (χ0) is 34.4. The Hall–Kier alpha value is -2.37. The van der Waals surface area contributed by atoms with Crippen LogP contribution >= 0.6 is 0 Å². The van der Waals surface area contributed by atoms with Gasteiger partial charge in [-0.15, -0.1) is 0 Å². The van der Waals surface area contributed by atoms with Crippen LogP contribution in [0.2, 0.25) is 7.06 Å². The standard InChI is InChI=1S/C12H20N4O7/c1-4(18)15-8-5(16-12(13)14)2-7(11(21)22)23-10(8)9(20)6(19)3-17/h2,5-6,8-10,17,19-20H,3H2,1H3,(H,15,18)(H,21,22)(H4,13,14,16)/t5-,6+,8+,9+,10+/m0/s1/i1D3,2D,3D2,5D,6D,8D,9D,10D,17D,19D,20D/hD6. The minimum absolute atomic E-state index is 0.781. The van der Waals surface area contributed by atoms with Crippen molar-refractivity contribution in [3.8, 4) is 0 Å². The Morgan fingerprint density at radius 1 is 1.87 bits per heavy atom. The minimum atomic E-state index is -4.89. The maximum absolute atomic E-state index is 12.8. The van der Waals surface area contributed by atoms with E-state index in [1.807, 2.05) is 0 Å². The molecule has 1 aliphatic rings. The van der Waals surface area contributed by atoms with Crippen LogP contribution in [0.15, 0.2) is 11.8 Å². The number of aliphatic hydroxyl groups is 3. The third-order valence-corrected chi connectivity index (χ3v) is 1.99. The average Bonchev–Trinajstić information content (AvgIpc) is 2.94. The minimum Gasteiger partial charge on any atom is -0.478 e. The van der Waals surface area contributed by atoms with Gasteiger partial charge in [0, 0.05) is 11.0 Å². The van der Waals surface area contributed by atoms with Crippen molar-refractivity contribution in [3.63, 3.8) is 0 Å². The largest absolute Gasteiger partial charge is 0.478 e. The van der Waals surface area contributed by atoms with Crippen LogP contribution in [0.4, 0.5) is 0 Å². The molecule has 0 radical (unpaired) electrons. The van der Waals surface area contributed by atoms with E-state index in [1.165, 1.54) is 0 Å². The quantitative estimate of drug-likeness (QED) is 0.153. The second-order valence-corrected chi connectivity index (χ2v) is 3.46.